The molecule has 2 rings (SSSR count). The van der Waals surface area contributed by atoms with Crippen LogP contribution in [0.4, 0.5) is 10.5 Å². The summed E-state index contributed by atoms with van der Waals surface area (Å²) in [6.45, 7) is 8.65. The van der Waals surface area contributed by atoms with Gasteiger partial charge in [-0.1, -0.05) is 6.07 Å². The average Bonchev–Trinajstić information content (AvgIpc) is 2.93. The van der Waals surface area contributed by atoms with Gasteiger partial charge in [0, 0.05) is 23.5 Å². The van der Waals surface area contributed by atoms with Crippen LogP contribution in [-0.4, -0.2) is 37.4 Å². The molecule has 0 radical (unpaired) electrons. The molecular formula is C18H24N2O4S. The van der Waals surface area contributed by atoms with Crippen LogP contribution in [0.25, 0.3) is 10.1 Å². The molecule has 0 atom stereocenters. The highest BCUT2D eigenvalue weighted by Gasteiger charge is 2.15. The molecule has 0 aliphatic carbocycles. The summed E-state index contributed by atoms with van der Waals surface area (Å²) < 4.78 is 11.2. The van der Waals surface area contributed by atoms with Crippen molar-refractivity contribution in [1.82, 2.24) is 5.32 Å². The van der Waals surface area contributed by atoms with E-state index in [4.69, 9.17) is 9.47 Å². The number of carbonyl (C=O) groups excluding carboxylic acids is 2. The van der Waals surface area contributed by atoms with E-state index in [1.807, 2.05) is 45.0 Å². The molecule has 6 nitrogen and oxygen atoms in total. The first-order valence-electron chi connectivity index (χ1n) is 8.20. The van der Waals surface area contributed by atoms with Crippen molar-refractivity contribution in [3.05, 3.63) is 29.1 Å². The Kier molecular flexibility index (Phi) is 6.25. The van der Waals surface area contributed by atoms with E-state index in [-0.39, 0.29) is 5.97 Å². The number of amides is 1. The molecule has 1 aromatic heterocycles. The molecule has 1 aromatic carbocycles. The second-order valence-corrected chi connectivity index (χ2v) is 7.52. The van der Waals surface area contributed by atoms with Crippen LogP contribution in [0.5, 0.6) is 0 Å². The van der Waals surface area contributed by atoms with Gasteiger partial charge in [0.2, 0.25) is 0 Å². The van der Waals surface area contributed by atoms with Crippen molar-refractivity contribution in [3.8, 4) is 0 Å². The molecule has 2 aromatic rings. The van der Waals surface area contributed by atoms with Crippen LogP contribution >= 0.6 is 11.3 Å². The van der Waals surface area contributed by atoms with E-state index in [9.17, 15) is 9.59 Å². The lowest BCUT2D eigenvalue weighted by molar-refractivity contribution is 0.0520. The second kappa shape index (κ2) is 8.20. The molecule has 1 amide bonds. The van der Waals surface area contributed by atoms with Gasteiger partial charge in [0.15, 0.2) is 0 Å². The maximum absolute atomic E-state index is 11.8. The number of carbonyl (C=O) groups is 2. The number of esters is 1. The van der Waals surface area contributed by atoms with Crippen LogP contribution in [0, 0.1) is 0 Å². The molecule has 0 saturated carbocycles. The molecule has 7 heteroatoms. The van der Waals surface area contributed by atoms with E-state index >= 15 is 0 Å². The molecule has 25 heavy (non-hydrogen) atoms. The lowest BCUT2D eigenvalue weighted by Crippen LogP contribution is -2.34. The number of hydrogen-bond acceptors (Lipinski definition) is 6. The lowest BCUT2D eigenvalue weighted by atomic mass is 10.2. The quantitative estimate of drug-likeness (QED) is 0.598. The summed E-state index contributed by atoms with van der Waals surface area (Å²) in [6, 6.07) is 7.72. The number of hydrogen-bond donors (Lipinski definition) is 2. The minimum Gasteiger partial charge on any atom is -0.462 e. The highest BCUT2D eigenvalue weighted by molar-refractivity contribution is 7.20. The van der Waals surface area contributed by atoms with Gasteiger partial charge < -0.3 is 20.1 Å². The predicted molar refractivity (Wildman–Crippen MR) is 101 cm³/mol. The average molecular weight is 364 g/mol. The summed E-state index contributed by atoms with van der Waals surface area (Å²) in [4.78, 5) is 24.0. The minimum atomic E-state index is -0.502. The molecule has 0 fully saturated rings. The molecule has 0 aliphatic heterocycles. The molecule has 136 valence electrons. The topological polar surface area (TPSA) is 76.7 Å². The minimum absolute atomic E-state index is 0.292. The van der Waals surface area contributed by atoms with Crippen molar-refractivity contribution in [2.24, 2.45) is 0 Å². The third kappa shape index (κ3) is 5.94. The smallest absolute Gasteiger partial charge is 0.407 e. The Morgan fingerprint density at radius 3 is 2.60 bits per heavy atom. The van der Waals surface area contributed by atoms with Crippen molar-refractivity contribution in [1.29, 1.82) is 0 Å². The Bertz CT molecular complexity index is 749. The van der Waals surface area contributed by atoms with Crippen LogP contribution in [0.1, 0.15) is 37.4 Å². The summed E-state index contributed by atoms with van der Waals surface area (Å²) in [5.74, 6) is -0.292. The van der Waals surface area contributed by atoms with Gasteiger partial charge >= 0.3 is 12.1 Å². The number of ether oxygens (including phenoxy) is 2. The third-order valence-electron chi connectivity index (χ3n) is 3.12. The van der Waals surface area contributed by atoms with Crippen molar-refractivity contribution in [2.75, 3.05) is 25.0 Å². The first kappa shape index (κ1) is 19.1. The standard InChI is InChI=1S/C18H24N2O4S/c1-5-23-16(21)15-10-12-6-7-13(11-14(12)25-15)19-8-9-20-17(22)24-18(2,3)4/h6-7,10-11,19H,5,8-9H2,1-4H3,(H,20,22). The summed E-state index contributed by atoms with van der Waals surface area (Å²) in [5.41, 5.74) is 0.425. The molecule has 0 spiro atoms. The Morgan fingerprint density at radius 2 is 1.92 bits per heavy atom. The molecule has 0 unspecified atom stereocenters. The van der Waals surface area contributed by atoms with Gasteiger partial charge in [-0.25, -0.2) is 9.59 Å². The summed E-state index contributed by atoms with van der Waals surface area (Å²) >= 11 is 1.41. The zero-order chi connectivity index (χ0) is 18.4. The number of benzene rings is 1. The van der Waals surface area contributed by atoms with E-state index in [1.54, 1.807) is 6.92 Å². The number of anilines is 1. The van der Waals surface area contributed by atoms with Crippen molar-refractivity contribution >= 4 is 39.2 Å². The van der Waals surface area contributed by atoms with Crippen LogP contribution in [0.3, 0.4) is 0 Å². The van der Waals surface area contributed by atoms with Gasteiger partial charge in [0.25, 0.3) is 0 Å². The molecular weight excluding hydrogens is 340 g/mol. The van der Waals surface area contributed by atoms with Crippen molar-refractivity contribution in [3.63, 3.8) is 0 Å². The fraction of sp³-hybridized carbons (Fsp3) is 0.444. The normalized spacial score (nSPS) is 11.2. The maximum atomic E-state index is 11.8. The summed E-state index contributed by atoms with van der Waals surface area (Å²) in [7, 11) is 0. The zero-order valence-corrected chi connectivity index (χ0v) is 15.8. The van der Waals surface area contributed by atoms with Gasteiger partial charge in [0.05, 0.1) is 6.61 Å². The first-order valence-corrected chi connectivity index (χ1v) is 9.01. The first-order chi connectivity index (χ1) is 11.8. The van der Waals surface area contributed by atoms with Crippen LogP contribution in [0.15, 0.2) is 24.3 Å². The van der Waals surface area contributed by atoms with Gasteiger partial charge in [0.1, 0.15) is 10.5 Å². The Morgan fingerprint density at radius 1 is 1.16 bits per heavy atom. The fourth-order valence-electron chi connectivity index (χ4n) is 2.13. The number of fused-ring (bicyclic) bond motifs is 1. The van der Waals surface area contributed by atoms with Gasteiger partial charge in [-0.05, 0) is 51.3 Å². The number of thiophene rings is 1. The van der Waals surface area contributed by atoms with E-state index in [2.05, 4.69) is 10.6 Å². The molecule has 2 N–H and O–H groups in total. The van der Waals surface area contributed by atoms with Crippen LogP contribution in [-0.2, 0) is 9.47 Å². The van der Waals surface area contributed by atoms with Gasteiger partial charge in [-0.2, -0.15) is 0 Å². The van der Waals surface area contributed by atoms with Crippen LogP contribution in [0.2, 0.25) is 0 Å². The monoisotopic (exact) mass is 364 g/mol. The predicted octanol–water partition coefficient (Wildman–Crippen LogP) is 4.01. The molecule has 1 heterocycles. The molecule has 0 aliphatic rings. The SMILES string of the molecule is CCOC(=O)c1cc2ccc(NCCNC(=O)OC(C)(C)C)cc2s1. The van der Waals surface area contributed by atoms with E-state index in [1.165, 1.54) is 11.3 Å². The summed E-state index contributed by atoms with van der Waals surface area (Å²) in [5, 5.41) is 6.94. The fourth-order valence-corrected chi connectivity index (χ4v) is 3.13. The number of rotatable bonds is 6. The third-order valence-corrected chi connectivity index (χ3v) is 4.20. The lowest BCUT2D eigenvalue weighted by Gasteiger charge is -2.19. The number of alkyl carbamates (subject to hydrolysis) is 1. The van der Waals surface area contributed by atoms with Crippen molar-refractivity contribution < 1.29 is 19.1 Å². The molecule has 0 saturated heterocycles. The number of nitrogens with one attached hydrogen (secondary N) is 2. The Hall–Kier alpha value is -2.28. The van der Waals surface area contributed by atoms with E-state index < -0.39 is 11.7 Å². The molecule has 0 bridgehead atoms. The second-order valence-electron chi connectivity index (χ2n) is 6.44. The van der Waals surface area contributed by atoms with Gasteiger partial charge in [-0.15, -0.1) is 11.3 Å². The van der Waals surface area contributed by atoms with Crippen LogP contribution < -0.4 is 10.6 Å². The Labute approximate surface area is 151 Å². The Balaban J connectivity index is 1.87. The van der Waals surface area contributed by atoms with Gasteiger partial charge in [-0.3, -0.25) is 0 Å². The van der Waals surface area contributed by atoms with E-state index in [0.29, 0.717) is 24.6 Å². The van der Waals surface area contributed by atoms with Crippen molar-refractivity contribution in [2.45, 2.75) is 33.3 Å². The zero-order valence-electron chi connectivity index (χ0n) is 15.0. The largest absolute Gasteiger partial charge is 0.462 e. The maximum Gasteiger partial charge on any atom is 0.407 e. The van der Waals surface area contributed by atoms with E-state index in [0.717, 1.165) is 15.8 Å². The summed E-state index contributed by atoms with van der Waals surface area (Å²) in [6.07, 6.45) is -0.429. The highest BCUT2D eigenvalue weighted by atomic mass is 32.1. The highest BCUT2D eigenvalue weighted by Crippen LogP contribution is 2.28.